The van der Waals surface area contributed by atoms with Gasteiger partial charge in [-0.05, 0) is 59.6 Å². The van der Waals surface area contributed by atoms with Crippen LogP contribution >= 0.6 is 0 Å². The highest BCUT2D eigenvalue weighted by Crippen LogP contribution is 2.27. The average Bonchev–Trinajstić information content (AvgIpc) is 2.38. The Morgan fingerprint density at radius 3 is 2.30 bits per heavy atom. The molecule has 0 aliphatic rings. The van der Waals surface area contributed by atoms with Gasteiger partial charge in [0, 0.05) is 24.3 Å². The lowest BCUT2D eigenvalue weighted by molar-refractivity contribution is 0.811. The molecule has 0 saturated carbocycles. The number of hydrogen-bond donors (Lipinski definition) is 0. The normalized spacial score (nSPS) is 11.3. The Kier molecular flexibility index (Phi) is 4.53. The van der Waals surface area contributed by atoms with Crippen molar-refractivity contribution in [1.82, 2.24) is 9.97 Å². The number of pyridine rings is 2. The highest BCUT2D eigenvalue weighted by atomic mass is 14.7. The molecule has 0 spiro atoms. The maximum absolute atomic E-state index is 4.45. The zero-order chi connectivity index (χ0) is 14.7. The average molecular weight is 268 g/mol. The summed E-state index contributed by atoms with van der Waals surface area (Å²) in [4.78, 5) is 8.72. The van der Waals surface area contributed by atoms with Crippen LogP contribution in [0, 0.1) is 6.92 Å². The van der Waals surface area contributed by atoms with E-state index in [4.69, 9.17) is 0 Å². The van der Waals surface area contributed by atoms with Gasteiger partial charge in [-0.1, -0.05) is 27.7 Å². The van der Waals surface area contributed by atoms with Crippen LogP contribution in [0.5, 0.6) is 0 Å². The Morgan fingerprint density at radius 2 is 1.65 bits per heavy atom. The Morgan fingerprint density at radius 1 is 0.950 bits per heavy atom. The van der Waals surface area contributed by atoms with Crippen molar-refractivity contribution in [3.8, 4) is 0 Å². The van der Waals surface area contributed by atoms with E-state index in [9.17, 15) is 0 Å². The van der Waals surface area contributed by atoms with Gasteiger partial charge >= 0.3 is 0 Å². The number of rotatable bonds is 4. The van der Waals surface area contributed by atoms with Gasteiger partial charge in [-0.15, -0.1) is 0 Å². The molecule has 0 aromatic carbocycles. The lowest BCUT2D eigenvalue weighted by Gasteiger charge is -2.17. The van der Waals surface area contributed by atoms with Gasteiger partial charge in [-0.25, -0.2) is 0 Å². The van der Waals surface area contributed by atoms with Crippen molar-refractivity contribution in [3.05, 3.63) is 58.7 Å². The van der Waals surface area contributed by atoms with E-state index in [-0.39, 0.29) is 0 Å². The van der Waals surface area contributed by atoms with E-state index in [1.807, 2.05) is 18.6 Å². The van der Waals surface area contributed by atoms with Crippen LogP contribution in [0.4, 0.5) is 0 Å². The first-order chi connectivity index (χ1) is 9.50. The summed E-state index contributed by atoms with van der Waals surface area (Å²) in [5, 5.41) is 0. The van der Waals surface area contributed by atoms with Crippen molar-refractivity contribution < 1.29 is 0 Å². The predicted molar refractivity (Wildman–Crippen MR) is 84.2 cm³/mol. The van der Waals surface area contributed by atoms with E-state index in [1.165, 1.54) is 22.3 Å². The standard InChI is InChI=1S/C18H24N2/c1-12(2)17-11-19-8-6-15(17)10-16-7-9-20-14(5)18(16)13(3)4/h6-9,11-13H,10H2,1-5H3. The van der Waals surface area contributed by atoms with Gasteiger partial charge in [-0.3, -0.25) is 9.97 Å². The van der Waals surface area contributed by atoms with E-state index in [0.717, 1.165) is 12.1 Å². The first-order valence-corrected chi connectivity index (χ1v) is 7.37. The van der Waals surface area contributed by atoms with E-state index in [1.54, 1.807) is 0 Å². The monoisotopic (exact) mass is 268 g/mol. The van der Waals surface area contributed by atoms with Crippen LogP contribution in [0.25, 0.3) is 0 Å². The van der Waals surface area contributed by atoms with Crippen molar-refractivity contribution >= 4 is 0 Å². The van der Waals surface area contributed by atoms with Crippen molar-refractivity contribution in [1.29, 1.82) is 0 Å². The first kappa shape index (κ1) is 14.7. The van der Waals surface area contributed by atoms with Gasteiger partial charge in [0.15, 0.2) is 0 Å². The zero-order valence-electron chi connectivity index (χ0n) is 13.1. The lowest BCUT2D eigenvalue weighted by atomic mass is 9.89. The summed E-state index contributed by atoms with van der Waals surface area (Å²) in [5.41, 5.74) is 6.65. The minimum atomic E-state index is 0.503. The second-order valence-corrected chi connectivity index (χ2v) is 6.03. The molecule has 0 aliphatic heterocycles. The molecule has 2 aromatic rings. The van der Waals surface area contributed by atoms with Gasteiger partial charge < -0.3 is 0 Å². The molecule has 0 unspecified atom stereocenters. The molecular weight excluding hydrogens is 244 g/mol. The van der Waals surface area contributed by atoms with Crippen molar-refractivity contribution in [2.75, 3.05) is 0 Å². The van der Waals surface area contributed by atoms with Crippen LogP contribution in [0.1, 0.15) is 67.5 Å². The predicted octanol–water partition coefficient (Wildman–Crippen LogP) is 4.62. The molecule has 0 bridgehead atoms. The van der Waals surface area contributed by atoms with E-state index in [0.29, 0.717) is 11.8 Å². The molecule has 2 rings (SSSR count). The number of aryl methyl sites for hydroxylation is 1. The second-order valence-electron chi connectivity index (χ2n) is 6.03. The largest absolute Gasteiger partial charge is 0.264 e. The molecule has 0 fully saturated rings. The number of nitrogens with zero attached hydrogens (tertiary/aromatic N) is 2. The fraction of sp³-hybridized carbons (Fsp3) is 0.444. The number of aromatic nitrogens is 2. The van der Waals surface area contributed by atoms with E-state index in [2.05, 4.69) is 56.7 Å². The molecular formula is C18H24N2. The molecule has 0 saturated heterocycles. The Bertz CT molecular complexity index is 586. The highest BCUT2D eigenvalue weighted by Gasteiger charge is 2.13. The second kappa shape index (κ2) is 6.17. The van der Waals surface area contributed by atoms with Gasteiger partial charge in [0.05, 0.1) is 0 Å². The molecule has 20 heavy (non-hydrogen) atoms. The lowest BCUT2D eigenvalue weighted by Crippen LogP contribution is -2.05. The molecule has 2 nitrogen and oxygen atoms in total. The van der Waals surface area contributed by atoms with Gasteiger partial charge in [-0.2, -0.15) is 0 Å². The quantitative estimate of drug-likeness (QED) is 0.808. The minimum Gasteiger partial charge on any atom is -0.264 e. The molecule has 0 N–H and O–H groups in total. The fourth-order valence-electron chi connectivity index (χ4n) is 2.89. The maximum atomic E-state index is 4.45. The Hall–Kier alpha value is -1.70. The summed E-state index contributed by atoms with van der Waals surface area (Å²) in [7, 11) is 0. The first-order valence-electron chi connectivity index (χ1n) is 7.37. The highest BCUT2D eigenvalue weighted by molar-refractivity contribution is 5.38. The molecule has 0 amide bonds. The zero-order valence-corrected chi connectivity index (χ0v) is 13.1. The number of hydrogen-bond acceptors (Lipinski definition) is 2. The Labute approximate surface area is 122 Å². The molecule has 0 aliphatic carbocycles. The topological polar surface area (TPSA) is 25.8 Å². The minimum absolute atomic E-state index is 0.503. The van der Waals surface area contributed by atoms with Crippen molar-refractivity contribution in [2.24, 2.45) is 0 Å². The molecule has 2 heteroatoms. The summed E-state index contributed by atoms with van der Waals surface area (Å²) >= 11 is 0. The van der Waals surface area contributed by atoms with Crippen molar-refractivity contribution in [3.63, 3.8) is 0 Å². The van der Waals surface area contributed by atoms with E-state index < -0.39 is 0 Å². The van der Waals surface area contributed by atoms with Crippen LogP contribution < -0.4 is 0 Å². The molecule has 106 valence electrons. The summed E-state index contributed by atoms with van der Waals surface area (Å²) in [5.74, 6) is 1.01. The summed E-state index contributed by atoms with van der Waals surface area (Å²) in [6, 6.07) is 4.31. The van der Waals surface area contributed by atoms with Crippen LogP contribution in [0.15, 0.2) is 30.7 Å². The fourth-order valence-corrected chi connectivity index (χ4v) is 2.89. The van der Waals surface area contributed by atoms with Crippen LogP contribution in [0.2, 0.25) is 0 Å². The molecule has 0 radical (unpaired) electrons. The molecule has 0 atom stereocenters. The summed E-state index contributed by atoms with van der Waals surface area (Å²) < 4.78 is 0. The van der Waals surface area contributed by atoms with Crippen LogP contribution in [0.3, 0.4) is 0 Å². The third-order valence-corrected chi connectivity index (χ3v) is 3.81. The summed E-state index contributed by atoms with van der Waals surface area (Å²) in [6.45, 7) is 11.0. The Balaban J connectivity index is 2.43. The third kappa shape index (κ3) is 3.06. The van der Waals surface area contributed by atoms with Gasteiger partial charge in [0.2, 0.25) is 0 Å². The van der Waals surface area contributed by atoms with Gasteiger partial charge in [0.25, 0.3) is 0 Å². The summed E-state index contributed by atoms with van der Waals surface area (Å²) in [6.07, 6.45) is 6.78. The molecule has 2 aromatic heterocycles. The van der Waals surface area contributed by atoms with Crippen molar-refractivity contribution in [2.45, 2.75) is 52.9 Å². The maximum Gasteiger partial charge on any atom is 0.0410 e. The SMILES string of the molecule is Cc1nccc(Cc2ccncc2C(C)C)c1C(C)C. The van der Waals surface area contributed by atoms with Crippen LogP contribution in [-0.4, -0.2) is 9.97 Å². The smallest absolute Gasteiger partial charge is 0.0410 e. The van der Waals surface area contributed by atoms with Crippen LogP contribution in [-0.2, 0) is 6.42 Å². The third-order valence-electron chi connectivity index (χ3n) is 3.81. The van der Waals surface area contributed by atoms with Gasteiger partial charge in [0.1, 0.15) is 0 Å². The van der Waals surface area contributed by atoms with E-state index >= 15 is 0 Å². The molecule has 2 heterocycles.